The van der Waals surface area contributed by atoms with Crippen molar-refractivity contribution in [2.24, 2.45) is 0 Å². The number of ketones is 1. The molecule has 31 heavy (non-hydrogen) atoms. The predicted molar refractivity (Wildman–Crippen MR) is 123 cm³/mol. The maximum atomic E-state index is 12.7. The first-order valence-corrected chi connectivity index (χ1v) is 11.2. The third kappa shape index (κ3) is 4.48. The highest BCUT2D eigenvalue weighted by atomic mass is 35.5. The van der Waals surface area contributed by atoms with Crippen LogP contribution in [0.4, 0.5) is 5.95 Å². The van der Waals surface area contributed by atoms with Crippen molar-refractivity contribution in [3.05, 3.63) is 88.2 Å². The van der Waals surface area contributed by atoms with Gasteiger partial charge in [-0.25, -0.2) is 9.97 Å². The number of benzene rings is 2. The van der Waals surface area contributed by atoms with Gasteiger partial charge in [0.25, 0.3) is 0 Å². The number of hydrogen-bond acceptors (Lipinski definition) is 5. The molecule has 5 nitrogen and oxygen atoms in total. The minimum atomic E-state index is 0.125. The number of fused-ring (bicyclic) bond motifs is 1. The Morgan fingerprint density at radius 1 is 0.935 bits per heavy atom. The van der Waals surface area contributed by atoms with Crippen LogP contribution in [0, 0.1) is 0 Å². The van der Waals surface area contributed by atoms with E-state index in [0.717, 1.165) is 56.4 Å². The van der Waals surface area contributed by atoms with E-state index in [9.17, 15) is 4.79 Å². The molecule has 1 aliphatic heterocycles. The van der Waals surface area contributed by atoms with Crippen LogP contribution in [0.2, 0.25) is 5.02 Å². The molecule has 0 amide bonds. The number of piperazine rings is 1. The topological polar surface area (TPSA) is 49.3 Å². The molecule has 0 bridgehead atoms. The number of rotatable bonds is 4. The van der Waals surface area contributed by atoms with Gasteiger partial charge in [-0.2, -0.15) is 0 Å². The summed E-state index contributed by atoms with van der Waals surface area (Å²) in [7, 11) is 0. The molecule has 2 aromatic carbocycles. The van der Waals surface area contributed by atoms with Crippen molar-refractivity contribution in [2.45, 2.75) is 25.3 Å². The fourth-order valence-corrected chi connectivity index (χ4v) is 4.63. The zero-order valence-corrected chi connectivity index (χ0v) is 18.1. The van der Waals surface area contributed by atoms with Gasteiger partial charge in [-0.05, 0) is 35.6 Å². The third-order valence-electron chi connectivity index (χ3n) is 6.27. The summed E-state index contributed by atoms with van der Waals surface area (Å²) < 4.78 is 0. The van der Waals surface area contributed by atoms with Crippen molar-refractivity contribution >= 4 is 23.3 Å². The lowest BCUT2D eigenvalue weighted by atomic mass is 9.82. The Morgan fingerprint density at radius 2 is 1.68 bits per heavy atom. The molecule has 6 heteroatoms. The average molecular weight is 433 g/mol. The van der Waals surface area contributed by atoms with Crippen LogP contribution in [0.1, 0.15) is 39.5 Å². The summed E-state index contributed by atoms with van der Waals surface area (Å²) >= 11 is 6.03. The van der Waals surface area contributed by atoms with Crippen LogP contribution in [-0.2, 0) is 13.0 Å². The predicted octanol–water partition coefficient (Wildman–Crippen LogP) is 4.36. The minimum absolute atomic E-state index is 0.125. The van der Waals surface area contributed by atoms with E-state index in [1.807, 2.05) is 24.3 Å². The molecule has 0 saturated carbocycles. The van der Waals surface area contributed by atoms with E-state index in [4.69, 9.17) is 16.6 Å². The summed E-state index contributed by atoms with van der Waals surface area (Å²) in [5, 5.41) is 0.710. The number of halogens is 1. The summed E-state index contributed by atoms with van der Waals surface area (Å²) in [5.41, 5.74) is 4.02. The Balaban J connectivity index is 1.27. The molecule has 158 valence electrons. The number of nitrogens with zero attached hydrogens (tertiary/aromatic N) is 4. The van der Waals surface area contributed by atoms with Crippen molar-refractivity contribution < 1.29 is 4.79 Å². The fourth-order valence-electron chi connectivity index (χ4n) is 4.51. The summed E-state index contributed by atoms with van der Waals surface area (Å²) in [6.45, 7) is 4.70. The van der Waals surface area contributed by atoms with Crippen LogP contribution in [-0.4, -0.2) is 46.8 Å². The van der Waals surface area contributed by atoms with Gasteiger partial charge in [-0.1, -0.05) is 54.1 Å². The zero-order chi connectivity index (χ0) is 21.2. The molecule has 5 rings (SSSR count). The Bertz CT molecular complexity index is 1060. The Labute approximate surface area is 187 Å². The quantitative estimate of drug-likeness (QED) is 0.612. The SMILES string of the molecule is O=C1C[C@H](c2ccc(Cl)cc2)Cc2nc(N3CCN(Cc4ccccc4)CC3)ncc21. The van der Waals surface area contributed by atoms with E-state index in [0.29, 0.717) is 17.0 Å². The number of carbonyl (C=O) groups is 1. The van der Waals surface area contributed by atoms with Gasteiger partial charge in [-0.15, -0.1) is 0 Å². The number of aromatic nitrogens is 2. The molecule has 1 fully saturated rings. The molecular weight excluding hydrogens is 408 g/mol. The first kappa shape index (κ1) is 20.2. The third-order valence-corrected chi connectivity index (χ3v) is 6.52. The molecule has 2 aliphatic rings. The van der Waals surface area contributed by atoms with Crippen molar-refractivity contribution in [1.82, 2.24) is 14.9 Å². The molecule has 1 aromatic heterocycles. The molecule has 0 unspecified atom stereocenters. The lowest BCUT2D eigenvalue weighted by Crippen LogP contribution is -2.46. The molecule has 1 aliphatic carbocycles. The fraction of sp³-hybridized carbons (Fsp3) is 0.320. The molecular formula is C25H25ClN4O. The molecule has 0 radical (unpaired) electrons. The second-order valence-electron chi connectivity index (χ2n) is 8.36. The van der Waals surface area contributed by atoms with Crippen LogP contribution < -0.4 is 4.90 Å². The number of hydrogen-bond donors (Lipinski definition) is 0. The van der Waals surface area contributed by atoms with Crippen LogP contribution in [0.3, 0.4) is 0 Å². The van der Waals surface area contributed by atoms with Crippen LogP contribution in [0.25, 0.3) is 0 Å². The van der Waals surface area contributed by atoms with Crippen LogP contribution >= 0.6 is 11.6 Å². The van der Waals surface area contributed by atoms with Crippen molar-refractivity contribution in [2.75, 3.05) is 31.1 Å². The summed E-state index contributed by atoms with van der Waals surface area (Å²) in [6, 6.07) is 18.4. The molecule has 0 spiro atoms. The molecule has 3 aromatic rings. The normalized spacial score (nSPS) is 19.3. The van der Waals surface area contributed by atoms with E-state index < -0.39 is 0 Å². The van der Waals surface area contributed by atoms with E-state index >= 15 is 0 Å². The number of Topliss-reactive ketones (excluding diaryl/α,β-unsaturated/α-hetero) is 1. The lowest BCUT2D eigenvalue weighted by molar-refractivity contribution is 0.0962. The minimum Gasteiger partial charge on any atom is -0.338 e. The van der Waals surface area contributed by atoms with Crippen LogP contribution in [0.5, 0.6) is 0 Å². The summed E-state index contributed by atoms with van der Waals surface area (Å²) in [4.78, 5) is 26.8. The molecule has 2 heterocycles. The van der Waals surface area contributed by atoms with Gasteiger partial charge in [-0.3, -0.25) is 9.69 Å². The van der Waals surface area contributed by atoms with E-state index in [1.54, 1.807) is 6.20 Å². The van der Waals surface area contributed by atoms with E-state index in [-0.39, 0.29) is 11.7 Å². The molecule has 0 N–H and O–H groups in total. The van der Waals surface area contributed by atoms with E-state index in [1.165, 1.54) is 5.56 Å². The van der Waals surface area contributed by atoms with Crippen molar-refractivity contribution in [3.8, 4) is 0 Å². The van der Waals surface area contributed by atoms with Gasteiger partial charge in [0.15, 0.2) is 5.78 Å². The highest BCUT2D eigenvalue weighted by molar-refractivity contribution is 6.30. The first-order chi connectivity index (χ1) is 15.2. The zero-order valence-electron chi connectivity index (χ0n) is 17.4. The second kappa shape index (κ2) is 8.77. The Kier molecular flexibility index (Phi) is 5.70. The van der Waals surface area contributed by atoms with Crippen molar-refractivity contribution in [1.29, 1.82) is 0 Å². The number of anilines is 1. The summed E-state index contributed by atoms with van der Waals surface area (Å²) in [5.74, 6) is 1.01. The smallest absolute Gasteiger partial charge is 0.225 e. The van der Waals surface area contributed by atoms with Gasteiger partial charge in [0.1, 0.15) is 0 Å². The lowest BCUT2D eigenvalue weighted by Gasteiger charge is -2.35. The highest BCUT2D eigenvalue weighted by Crippen LogP contribution is 2.33. The monoisotopic (exact) mass is 432 g/mol. The van der Waals surface area contributed by atoms with Gasteiger partial charge in [0, 0.05) is 50.4 Å². The second-order valence-corrected chi connectivity index (χ2v) is 8.80. The van der Waals surface area contributed by atoms with Crippen molar-refractivity contribution in [3.63, 3.8) is 0 Å². The van der Waals surface area contributed by atoms with Gasteiger partial charge >= 0.3 is 0 Å². The van der Waals surface area contributed by atoms with Gasteiger partial charge in [0.2, 0.25) is 5.95 Å². The average Bonchev–Trinajstić information content (AvgIpc) is 2.80. The van der Waals surface area contributed by atoms with Crippen LogP contribution in [0.15, 0.2) is 60.8 Å². The first-order valence-electron chi connectivity index (χ1n) is 10.8. The molecule has 1 saturated heterocycles. The maximum absolute atomic E-state index is 12.7. The maximum Gasteiger partial charge on any atom is 0.225 e. The Morgan fingerprint density at radius 3 is 2.42 bits per heavy atom. The Hall–Kier alpha value is -2.76. The standard InChI is InChI=1S/C25H25ClN4O/c26-21-8-6-19(7-9-21)20-14-23-22(24(31)15-20)16-27-25(28-23)30-12-10-29(11-13-30)17-18-4-2-1-3-5-18/h1-9,16,20H,10-15,17H2/t20-/m1/s1. The van der Waals surface area contributed by atoms with Gasteiger partial charge in [0.05, 0.1) is 11.3 Å². The molecule has 1 atom stereocenters. The van der Waals surface area contributed by atoms with Gasteiger partial charge < -0.3 is 4.90 Å². The number of carbonyl (C=O) groups excluding carboxylic acids is 1. The highest BCUT2D eigenvalue weighted by Gasteiger charge is 2.29. The summed E-state index contributed by atoms with van der Waals surface area (Å²) in [6.07, 6.45) is 2.98. The van der Waals surface area contributed by atoms with E-state index in [2.05, 4.69) is 45.1 Å². The largest absolute Gasteiger partial charge is 0.338 e.